The number of carboxylic acids is 1. The number of hydrogen-bond acceptors (Lipinski definition) is 3. The third kappa shape index (κ3) is 2.90. The Kier molecular flexibility index (Phi) is 3.78. The molecular weight excluding hydrogens is 325 g/mol. The minimum absolute atomic E-state index is 0.0139. The summed E-state index contributed by atoms with van der Waals surface area (Å²) >= 11 is 0. The van der Waals surface area contributed by atoms with Crippen LogP contribution >= 0.6 is 0 Å². The van der Waals surface area contributed by atoms with Crippen LogP contribution in [0, 0.1) is 5.82 Å². The molecule has 0 aliphatic heterocycles. The topological polar surface area (TPSA) is 75.4 Å². The number of nitrogens with zero attached hydrogens (tertiary/aromatic N) is 3. The molecular formula is C18H18FN3O3. The quantitative estimate of drug-likeness (QED) is 0.903. The Balaban J connectivity index is 1.74. The van der Waals surface area contributed by atoms with Gasteiger partial charge in [0.05, 0.1) is 5.69 Å². The van der Waals surface area contributed by atoms with Gasteiger partial charge in [-0.3, -0.25) is 9.59 Å². The number of carbonyl (C=O) groups is 2. The van der Waals surface area contributed by atoms with Crippen LogP contribution in [0.25, 0.3) is 5.69 Å². The van der Waals surface area contributed by atoms with Crippen LogP contribution in [0.4, 0.5) is 4.39 Å². The van der Waals surface area contributed by atoms with Crippen molar-refractivity contribution in [1.82, 2.24) is 14.7 Å². The monoisotopic (exact) mass is 343 g/mol. The van der Waals surface area contributed by atoms with E-state index in [4.69, 9.17) is 5.11 Å². The Bertz CT molecular complexity index is 857. The minimum Gasteiger partial charge on any atom is -0.480 e. The lowest BCUT2D eigenvalue weighted by Crippen LogP contribution is -2.38. The summed E-state index contributed by atoms with van der Waals surface area (Å²) in [4.78, 5) is 25.5. The number of hydrogen-bond donors (Lipinski definition) is 1. The second-order valence-corrected chi connectivity index (χ2v) is 6.58. The van der Waals surface area contributed by atoms with E-state index in [2.05, 4.69) is 5.10 Å². The SMILES string of the molecule is O=C(O)CN(C(=O)c1nn(-c2cccc(F)c2)c2c1CCC2)C1CC1. The van der Waals surface area contributed by atoms with Crippen LogP contribution in [0.15, 0.2) is 24.3 Å². The van der Waals surface area contributed by atoms with E-state index in [1.165, 1.54) is 17.0 Å². The number of halogens is 1. The first-order valence-corrected chi connectivity index (χ1v) is 8.44. The predicted octanol–water partition coefficient (Wildman–Crippen LogP) is 2.19. The lowest BCUT2D eigenvalue weighted by molar-refractivity contribution is -0.137. The molecule has 1 fully saturated rings. The third-order valence-corrected chi connectivity index (χ3v) is 4.74. The molecule has 0 saturated heterocycles. The zero-order valence-electron chi connectivity index (χ0n) is 13.6. The van der Waals surface area contributed by atoms with Crippen LogP contribution in [0.1, 0.15) is 41.0 Å². The fraction of sp³-hybridized carbons (Fsp3) is 0.389. The van der Waals surface area contributed by atoms with Gasteiger partial charge in [-0.15, -0.1) is 0 Å². The third-order valence-electron chi connectivity index (χ3n) is 4.74. The van der Waals surface area contributed by atoms with Gasteiger partial charge in [0.15, 0.2) is 5.69 Å². The normalized spacial score (nSPS) is 15.9. The number of fused-ring (bicyclic) bond motifs is 1. The van der Waals surface area contributed by atoms with E-state index < -0.39 is 5.97 Å². The van der Waals surface area contributed by atoms with Gasteiger partial charge < -0.3 is 10.0 Å². The molecule has 1 N–H and O–H groups in total. The molecule has 0 unspecified atom stereocenters. The molecule has 1 aromatic carbocycles. The van der Waals surface area contributed by atoms with Gasteiger partial charge in [-0.1, -0.05) is 6.07 Å². The van der Waals surface area contributed by atoms with Gasteiger partial charge in [-0.05, 0) is 50.3 Å². The predicted molar refractivity (Wildman–Crippen MR) is 87.2 cm³/mol. The molecule has 130 valence electrons. The van der Waals surface area contributed by atoms with Crippen LogP contribution in [0.3, 0.4) is 0 Å². The first kappa shape index (κ1) is 15.8. The molecule has 2 aliphatic rings. The summed E-state index contributed by atoms with van der Waals surface area (Å²) in [6, 6.07) is 6.09. The summed E-state index contributed by atoms with van der Waals surface area (Å²) in [6.45, 7) is -0.314. The van der Waals surface area contributed by atoms with E-state index in [0.717, 1.165) is 43.4 Å². The van der Waals surface area contributed by atoms with E-state index in [9.17, 15) is 14.0 Å². The zero-order valence-corrected chi connectivity index (χ0v) is 13.6. The maximum atomic E-state index is 13.6. The molecule has 1 heterocycles. The Morgan fingerprint density at radius 1 is 1.32 bits per heavy atom. The van der Waals surface area contributed by atoms with Crippen molar-refractivity contribution >= 4 is 11.9 Å². The molecule has 0 spiro atoms. The van der Waals surface area contributed by atoms with Gasteiger partial charge in [-0.25, -0.2) is 9.07 Å². The van der Waals surface area contributed by atoms with Gasteiger partial charge in [0.2, 0.25) is 0 Å². The molecule has 0 atom stereocenters. The highest BCUT2D eigenvalue weighted by molar-refractivity contribution is 5.96. The molecule has 25 heavy (non-hydrogen) atoms. The summed E-state index contributed by atoms with van der Waals surface area (Å²) < 4.78 is 15.2. The molecule has 1 aromatic heterocycles. The van der Waals surface area contributed by atoms with Crippen LogP contribution in [0.5, 0.6) is 0 Å². The van der Waals surface area contributed by atoms with E-state index in [-0.39, 0.29) is 24.3 Å². The first-order chi connectivity index (χ1) is 12.0. The van der Waals surface area contributed by atoms with E-state index in [1.807, 2.05) is 0 Å². The van der Waals surface area contributed by atoms with Crippen LogP contribution in [-0.2, 0) is 17.6 Å². The van der Waals surface area contributed by atoms with Crippen molar-refractivity contribution in [3.8, 4) is 5.69 Å². The molecule has 1 saturated carbocycles. The minimum atomic E-state index is -1.03. The first-order valence-electron chi connectivity index (χ1n) is 8.44. The molecule has 6 nitrogen and oxygen atoms in total. The standard InChI is InChI=1S/C18H18FN3O3/c19-11-3-1-4-13(9-11)22-15-6-2-5-14(15)17(20-22)18(25)21(10-16(23)24)12-7-8-12/h1,3-4,9,12H,2,5-8,10H2,(H,23,24). The maximum absolute atomic E-state index is 13.6. The second-order valence-electron chi connectivity index (χ2n) is 6.58. The number of aliphatic carboxylic acids is 1. The Labute approximate surface area is 143 Å². The Hall–Kier alpha value is -2.70. The second kappa shape index (κ2) is 5.98. The van der Waals surface area contributed by atoms with Crippen molar-refractivity contribution in [3.63, 3.8) is 0 Å². The van der Waals surface area contributed by atoms with E-state index >= 15 is 0 Å². The van der Waals surface area contributed by atoms with Gasteiger partial charge in [0.1, 0.15) is 12.4 Å². The summed E-state index contributed by atoms with van der Waals surface area (Å²) in [5.41, 5.74) is 2.67. The lowest BCUT2D eigenvalue weighted by atomic mass is 10.2. The highest BCUT2D eigenvalue weighted by atomic mass is 19.1. The van der Waals surface area contributed by atoms with Gasteiger partial charge in [0, 0.05) is 17.3 Å². The van der Waals surface area contributed by atoms with Crippen molar-refractivity contribution in [2.75, 3.05) is 6.54 Å². The summed E-state index contributed by atoms with van der Waals surface area (Å²) in [5.74, 6) is -1.72. The van der Waals surface area contributed by atoms with Gasteiger partial charge in [0.25, 0.3) is 5.91 Å². The fourth-order valence-corrected chi connectivity index (χ4v) is 3.47. The highest BCUT2D eigenvalue weighted by Gasteiger charge is 2.37. The molecule has 4 rings (SSSR count). The molecule has 1 amide bonds. The molecule has 2 aromatic rings. The average molecular weight is 343 g/mol. The number of carboxylic acid groups (broad SMARTS) is 1. The largest absolute Gasteiger partial charge is 0.480 e. The van der Waals surface area contributed by atoms with Crippen molar-refractivity contribution in [1.29, 1.82) is 0 Å². The molecule has 2 aliphatic carbocycles. The molecule has 0 bridgehead atoms. The van der Waals surface area contributed by atoms with Crippen LogP contribution in [0.2, 0.25) is 0 Å². The summed E-state index contributed by atoms with van der Waals surface area (Å²) in [7, 11) is 0. The fourth-order valence-electron chi connectivity index (χ4n) is 3.47. The summed E-state index contributed by atoms with van der Waals surface area (Å²) in [6.07, 6.45) is 4.06. The van der Waals surface area contributed by atoms with Crippen molar-refractivity contribution in [2.45, 2.75) is 38.1 Å². The Morgan fingerprint density at radius 3 is 2.80 bits per heavy atom. The van der Waals surface area contributed by atoms with E-state index in [1.54, 1.807) is 16.8 Å². The van der Waals surface area contributed by atoms with Crippen LogP contribution < -0.4 is 0 Å². The molecule has 7 heteroatoms. The van der Waals surface area contributed by atoms with Gasteiger partial charge in [-0.2, -0.15) is 5.10 Å². The highest BCUT2D eigenvalue weighted by Crippen LogP contribution is 2.32. The number of carbonyl (C=O) groups excluding carboxylic acids is 1. The number of aromatic nitrogens is 2. The van der Waals surface area contributed by atoms with Crippen molar-refractivity contribution in [3.05, 3.63) is 47.0 Å². The van der Waals surface area contributed by atoms with Crippen molar-refractivity contribution < 1.29 is 19.1 Å². The number of amides is 1. The zero-order chi connectivity index (χ0) is 17.6. The van der Waals surface area contributed by atoms with Crippen LogP contribution in [-0.4, -0.2) is 44.3 Å². The maximum Gasteiger partial charge on any atom is 0.323 e. The van der Waals surface area contributed by atoms with Crippen molar-refractivity contribution in [2.24, 2.45) is 0 Å². The summed E-state index contributed by atoms with van der Waals surface area (Å²) in [5, 5.41) is 13.5. The number of benzene rings is 1. The average Bonchev–Trinajstić information content (AvgIpc) is 3.18. The van der Waals surface area contributed by atoms with Gasteiger partial charge >= 0.3 is 5.97 Å². The molecule has 0 radical (unpaired) electrons. The smallest absolute Gasteiger partial charge is 0.323 e. The number of rotatable bonds is 5. The van der Waals surface area contributed by atoms with E-state index in [0.29, 0.717) is 11.4 Å². The Morgan fingerprint density at radius 2 is 2.12 bits per heavy atom. The lowest BCUT2D eigenvalue weighted by Gasteiger charge is -2.19.